The summed E-state index contributed by atoms with van der Waals surface area (Å²) in [5.74, 6) is 1.04. The number of nitrogens with two attached hydrogens (primary N) is 1. The van der Waals surface area contributed by atoms with Gasteiger partial charge in [0, 0.05) is 56.6 Å². The number of urea groups is 1. The fraction of sp³-hybridized carbons (Fsp3) is 0.516. The number of nitrogens with one attached hydrogen (secondary N) is 1. The Morgan fingerprint density at radius 3 is 2.46 bits per heavy atom. The zero-order valence-corrected chi connectivity index (χ0v) is 28.4. The van der Waals surface area contributed by atoms with Crippen LogP contribution in [0.5, 0.6) is 5.75 Å². The Bertz CT molecular complexity index is 1700. The largest absolute Gasteiger partial charge is 0.490 e. The number of fused-ring (bicyclic) bond motifs is 1. The van der Waals surface area contributed by atoms with Crippen molar-refractivity contribution < 1.29 is 22.7 Å². The molecular formula is C31H41Cl2N7O5S. The number of aryl methyl sites for hydroxylation is 1. The fourth-order valence-corrected chi connectivity index (χ4v) is 8.14. The summed E-state index contributed by atoms with van der Waals surface area (Å²) in [5, 5.41) is 8.23. The van der Waals surface area contributed by atoms with Crippen molar-refractivity contribution >= 4 is 62.7 Å². The summed E-state index contributed by atoms with van der Waals surface area (Å²) in [6, 6.07) is 10.7. The lowest BCUT2D eigenvalue weighted by atomic mass is 9.88. The summed E-state index contributed by atoms with van der Waals surface area (Å²) in [7, 11) is -1.78. The summed E-state index contributed by atoms with van der Waals surface area (Å²) in [4.78, 5) is 28.1. The first kappa shape index (κ1) is 34.4. The number of hydrogen-bond acceptors (Lipinski definition) is 8. The standard InChI is InChI=1S/C31H40ClN7O5S.ClH/c1-20(19-44-28-18-24(4-6-26(28)32)45(42,43)38-14-9-23(33)10-15-38)37-12-7-21(8-13-37)22-3-5-25-27(17-22)36(2)35-30(25)39-16-11-29(40)34-31(39)41;/h3-6,17-18,20-21,23H,7-16,19,33H2,1-2H3,(H,34,40,41);1H. The summed E-state index contributed by atoms with van der Waals surface area (Å²) in [5.41, 5.74) is 8.14. The van der Waals surface area contributed by atoms with Gasteiger partial charge in [0.1, 0.15) is 12.4 Å². The third-order valence-electron chi connectivity index (χ3n) is 9.31. The number of halogens is 2. The number of imide groups is 1. The third-order valence-corrected chi connectivity index (χ3v) is 11.5. The molecule has 0 spiro atoms. The molecule has 2 aromatic carbocycles. The van der Waals surface area contributed by atoms with E-state index in [2.05, 4.69) is 34.4 Å². The van der Waals surface area contributed by atoms with E-state index >= 15 is 0 Å². The van der Waals surface area contributed by atoms with Gasteiger partial charge in [-0.05, 0) is 81.4 Å². The van der Waals surface area contributed by atoms with Crippen LogP contribution in [0.2, 0.25) is 5.02 Å². The molecule has 1 atom stereocenters. The number of ether oxygens (including phenoxy) is 1. The van der Waals surface area contributed by atoms with Crippen LogP contribution < -0.4 is 20.7 Å². The van der Waals surface area contributed by atoms with Crippen molar-refractivity contribution in [2.24, 2.45) is 12.8 Å². The zero-order chi connectivity index (χ0) is 31.9. The van der Waals surface area contributed by atoms with Gasteiger partial charge in [-0.3, -0.25) is 24.6 Å². The minimum atomic E-state index is -3.65. The Kier molecular flexibility index (Phi) is 10.5. The van der Waals surface area contributed by atoms with E-state index in [1.54, 1.807) is 10.7 Å². The highest BCUT2D eigenvalue weighted by atomic mass is 35.5. The highest BCUT2D eigenvalue weighted by Crippen LogP contribution is 2.35. The smallest absolute Gasteiger partial charge is 0.329 e. The van der Waals surface area contributed by atoms with Crippen LogP contribution in [-0.2, 0) is 21.9 Å². The molecule has 3 saturated heterocycles. The lowest BCUT2D eigenvalue weighted by molar-refractivity contribution is -0.120. The van der Waals surface area contributed by atoms with Gasteiger partial charge < -0.3 is 10.5 Å². The molecule has 0 radical (unpaired) electrons. The number of sulfonamides is 1. The molecule has 4 heterocycles. The summed E-state index contributed by atoms with van der Waals surface area (Å²) in [6.07, 6.45) is 3.49. The van der Waals surface area contributed by atoms with Gasteiger partial charge in [0.2, 0.25) is 15.9 Å². The predicted octanol–water partition coefficient (Wildman–Crippen LogP) is 3.85. The number of aromatic nitrogens is 2. The number of carbonyl (C=O) groups is 2. The van der Waals surface area contributed by atoms with E-state index < -0.39 is 16.1 Å². The molecule has 6 rings (SSSR count). The molecule has 0 aliphatic carbocycles. The number of hydrogen-bond donors (Lipinski definition) is 2. The van der Waals surface area contributed by atoms with Gasteiger partial charge in [0.15, 0.2) is 5.82 Å². The number of carbonyl (C=O) groups excluding carboxylic acids is 2. The highest BCUT2D eigenvalue weighted by Gasteiger charge is 2.31. The van der Waals surface area contributed by atoms with Gasteiger partial charge in [0.25, 0.3) is 0 Å². The van der Waals surface area contributed by atoms with Crippen molar-refractivity contribution in [1.29, 1.82) is 0 Å². The van der Waals surface area contributed by atoms with E-state index in [-0.39, 0.29) is 41.7 Å². The van der Waals surface area contributed by atoms with E-state index in [0.29, 0.717) is 61.6 Å². The third kappa shape index (κ3) is 6.99. The first-order chi connectivity index (χ1) is 21.5. The maximum Gasteiger partial charge on any atom is 0.329 e. The van der Waals surface area contributed by atoms with Crippen LogP contribution >= 0.6 is 24.0 Å². The Morgan fingerprint density at radius 1 is 1.04 bits per heavy atom. The zero-order valence-electron chi connectivity index (χ0n) is 26.0. The number of nitrogens with zero attached hydrogens (tertiary/aromatic N) is 5. The number of rotatable bonds is 8. The first-order valence-electron chi connectivity index (χ1n) is 15.5. The minimum absolute atomic E-state index is 0. The lowest BCUT2D eigenvalue weighted by Crippen LogP contribution is -2.49. The van der Waals surface area contributed by atoms with Crippen molar-refractivity contribution in [3.63, 3.8) is 0 Å². The van der Waals surface area contributed by atoms with Crippen molar-refractivity contribution in [1.82, 2.24) is 24.3 Å². The average molecular weight is 695 g/mol. The molecular weight excluding hydrogens is 653 g/mol. The van der Waals surface area contributed by atoms with E-state index in [4.69, 9.17) is 22.1 Å². The van der Waals surface area contributed by atoms with Crippen LogP contribution in [0.15, 0.2) is 41.3 Å². The Morgan fingerprint density at radius 2 is 1.76 bits per heavy atom. The molecule has 0 bridgehead atoms. The quantitative estimate of drug-likeness (QED) is 0.362. The molecule has 46 heavy (non-hydrogen) atoms. The van der Waals surface area contributed by atoms with Crippen molar-refractivity contribution in [2.75, 3.05) is 44.2 Å². The van der Waals surface area contributed by atoms with Crippen LogP contribution in [0.25, 0.3) is 10.9 Å². The van der Waals surface area contributed by atoms with Crippen LogP contribution in [0.1, 0.15) is 50.5 Å². The van der Waals surface area contributed by atoms with Crippen molar-refractivity contribution in [3.8, 4) is 5.75 Å². The number of benzene rings is 2. The van der Waals surface area contributed by atoms with E-state index in [9.17, 15) is 18.0 Å². The fourth-order valence-electron chi connectivity index (χ4n) is 6.48. The van der Waals surface area contributed by atoms with Crippen LogP contribution in [0.3, 0.4) is 0 Å². The Hall–Kier alpha value is -2.94. The number of likely N-dealkylation sites (tertiary alicyclic amines) is 1. The monoisotopic (exact) mass is 693 g/mol. The molecule has 1 aromatic heterocycles. The maximum absolute atomic E-state index is 13.2. The lowest BCUT2D eigenvalue weighted by Gasteiger charge is -2.36. The highest BCUT2D eigenvalue weighted by molar-refractivity contribution is 7.89. The molecule has 3 aliphatic rings. The van der Waals surface area contributed by atoms with Gasteiger partial charge in [-0.25, -0.2) is 13.2 Å². The van der Waals surface area contributed by atoms with Crippen LogP contribution in [-0.4, -0.2) is 90.8 Å². The Balaban J connectivity index is 0.00000417. The summed E-state index contributed by atoms with van der Waals surface area (Å²) in [6.45, 7) is 5.41. The van der Waals surface area contributed by atoms with E-state index in [0.717, 1.165) is 36.8 Å². The van der Waals surface area contributed by atoms with Crippen LogP contribution in [0.4, 0.5) is 10.6 Å². The van der Waals surface area contributed by atoms with E-state index in [1.165, 1.54) is 26.9 Å². The van der Waals surface area contributed by atoms with Gasteiger partial charge in [-0.2, -0.15) is 9.40 Å². The van der Waals surface area contributed by atoms with Gasteiger partial charge in [-0.1, -0.05) is 17.7 Å². The molecule has 3 aliphatic heterocycles. The molecule has 3 N–H and O–H groups in total. The second-order valence-corrected chi connectivity index (χ2v) is 14.6. The van der Waals surface area contributed by atoms with Crippen molar-refractivity contribution in [2.45, 2.75) is 61.9 Å². The van der Waals surface area contributed by atoms with Crippen molar-refractivity contribution in [3.05, 3.63) is 47.0 Å². The van der Waals surface area contributed by atoms with E-state index in [1.807, 2.05) is 13.1 Å². The van der Waals surface area contributed by atoms with Crippen LogP contribution in [0, 0.1) is 0 Å². The molecule has 15 heteroatoms. The second kappa shape index (κ2) is 14.0. The summed E-state index contributed by atoms with van der Waals surface area (Å²) < 4.78 is 35.8. The first-order valence-corrected chi connectivity index (χ1v) is 17.3. The Labute approximate surface area is 280 Å². The second-order valence-electron chi connectivity index (χ2n) is 12.3. The normalized spacial score (nSPS) is 20.0. The number of piperidine rings is 2. The molecule has 3 fully saturated rings. The molecule has 250 valence electrons. The average Bonchev–Trinajstić information content (AvgIpc) is 3.35. The van der Waals surface area contributed by atoms with Gasteiger partial charge >= 0.3 is 6.03 Å². The molecule has 3 aromatic rings. The maximum atomic E-state index is 13.2. The molecule has 0 saturated carbocycles. The molecule has 12 nitrogen and oxygen atoms in total. The molecule has 3 amide bonds. The molecule has 1 unspecified atom stereocenters. The topological polar surface area (TPSA) is 143 Å². The SMILES string of the molecule is CC(COc1cc(S(=O)(=O)N2CCC(N)CC2)ccc1Cl)N1CCC(c2ccc3c(N4CCC(=O)NC4=O)nn(C)c3c2)CC1.Cl. The van der Waals surface area contributed by atoms with Gasteiger partial charge in [-0.15, -0.1) is 12.4 Å². The minimum Gasteiger partial charge on any atom is -0.490 e. The van der Waals surface area contributed by atoms with Gasteiger partial charge in [0.05, 0.1) is 15.4 Å². The number of amides is 3. The predicted molar refractivity (Wildman–Crippen MR) is 179 cm³/mol. The summed E-state index contributed by atoms with van der Waals surface area (Å²) >= 11 is 6.41. The number of anilines is 1.